The Morgan fingerprint density at radius 3 is 2.42 bits per heavy atom. The Kier molecular flexibility index (Phi) is 8.15. The second-order valence-electron chi connectivity index (χ2n) is 7.47. The van der Waals surface area contributed by atoms with E-state index in [1.165, 1.54) is 6.08 Å². The van der Waals surface area contributed by atoms with Crippen molar-refractivity contribution in [2.75, 3.05) is 25.3 Å². The summed E-state index contributed by atoms with van der Waals surface area (Å²) in [6.07, 6.45) is 3.19. The molecule has 9 heteroatoms. The lowest BCUT2D eigenvalue weighted by Crippen LogP contribution is -2.14. The predicted octanol–water partition coefficient (Wildman–Crippen LogP) is 5.38. The lowest BCUT2D eigenvalue weighted by atomic mass is 10.1. The number of hydrogen-bond acceptors (Lipinski definition) is 8. The Labute approximate surface area is 212 Å². The van der Waals surface area contributed by atoms with E-state index in [-0.39, 0.29) is 17.4 Å². The molecule has 0 spiro atoms. The van der Waals surface area contributed by atoms with Crippen LogP contribution in [-0.4, -0.2) is 41.9 Å². The second-order valence-corrected chi connectivity index (χ2v) is 8.39. The van der Waals surface area contributed by atoms with E-state index in [9.17, 15) is 9.59 Å². The van der Waals surface area contributed by atoms with E-state index in [0.29, 0.717) is 33.9 Å². The number of methoxy groups -OCH3 is 2. The van der Waals surface area contributed by atoms with Gasteiger partial charge in [-0.05, 0) is 60.2 Å². The summed E-state index contributed by atoms with van der Waals surface area (Å²) in [6.45, 7) is 0. The zero-order valence-corrected chi connectivity index (χ0v) is 20.5. The molecule has 0 aliphatic carbocycles. The smallest absolute Gasteiger partial charge is 0.277 e. The quantitative estimate of drug-likeness (QED) is 0.175. The normalized spacial score (nSPS) is 10.8. The second kappa shape index (κ2) is 11.9. The summed E-state index contributed by atoms with van der Waals surface area (Å²) in [5.74, 6) is 1.31. The van der Waals surface area contributed by atoms with Gasteiger partial charge in [0.05, 0.1) is 20.0 Å². The van der Waals surface area contributed by atoms with Crippen LogP contribution in [0.2, 0.25) is 0 Å². The molecule has 0 saturated heterocycles. The van der Waals surface area contributed by atoms with Gasteiger partial charge in [-0.2, -0.15) is 0 Å². The number of ether oxygens (including phenoxy) is 2. The molecule has 4 rings (SSSR count). The molecule has 0 radical (unpaired) electrons. The molecule has 0 aliphatic rings. The van der Waals surface area contributed by atoms with Gasteiger partial charge < -0.3 is 19.2 Å². The summed E-state index contributed by atoms with van der Waals surface area (Å²) < 4.78 is 16.1. The first-order valence-corrected chi connectivity index (χ1v) is 11.9. The number of ketones is 1. The van der Waals surface area contributed by atoms with Gasteiger partial charge >= 0.3 is 0 Å². The SMILES string of the molecule is COc1ccc(/C=C/C(=O)c2ccc(NC(=O)CSc3nnc(-c4ccccc4)o3)cc2)cc1OC. The molecule has 3 aromatic carbocycles. The molecular formula is C27H23N3O5S. The molecule has 1 amide bonds. The van der Waals surface area contributed by atoms with Crippen LogP contribution in [0.5, 0.6) is 11.5 Å². The highest BCUT2D eigenvalue weighted by molar-refractivity contribution is 7.99. The monoisotopic (exact) mass is 501 g/mol. The van der Waals surface area contributed by atoms with E-state index >= 15 is 0 Å². The largest absolute Gasteiger partial charge is 0.493 e. The Balaban J connectivity index is 1.29. The zero-order valence-electron chi connectivity index (χ0n) is 19.6. The van der Waals surface area contributed by atoms with E-state index in [2.05, 4.69) is 15.5 Å². The number of thioether (sulfide) groups is 1. The van der Waals surface area contributed by atoms with Gasteiger partial charge in [-0.15, -0.1) is 10.2 Å². The van der Waals surface area contributed by atoms with E-state index in [0.717, 1.165) is 22.9 Å². The van der Waals surface area contributed by atoms with Gasteiger partial charge in [0.1, 0.15) is 0 Å². The van der Waals surface area contributed by atoms with Gasteiger partial charge in [0, 0.05) is 16.8 Å². The summed E-state index contributed by atoms with van der Waals surface area (Å²) in [7, 11) is 3.12. The van der Waals surface area contributed by atoms with Crippen molar-refractivity contribution < 1.29 is 23.5 Å². The molecule has 1 aromatic heterocycles. The number of carbonyl (C=O) groups is 2. The number of benzene rings is 3. The van der Waals surface area contributed by atoms with Crippen LogP contribution in [0.25, 0.3) is 17.5 Å². The average molecular weight is 502 g/mol. The van der Waals surface area contributed by atoms with Gasteiger partial charge in [-0.25, -0.2) is 0 Å². The van der Waals surface area contributed by atoms with Crippen LogP contribution in [0.1, 0.15) is 15.9 Å². The molecule has 0 fully saturated rings. The van der Waals surface area contributed by atoms with Gasteiger partial charge in [-0.1, -0.05) is 42.1 Å². The number of amides is 1. The molecule has 36 heavy (non-hydrogen) atoms. The highest BCUT2D eigenvalue weighted by Gasteiger charge is 2.12. The highest BCUT2D eigenvalue weighted by atomic mass is 32.2. The fourth-order valence-corrected chi connectivity index (χ4v) is 3.80. The molecule has 0 aliphatic heterocycles. The minimum absolute atomic E-state index is 0.102. The number of rotatable bonds is 10. The third kappa shape index (κ3) is 6.39. The van der Waals surface area contributed by atoms with Gasteiger partial charge in [-0.3, -0.25) is 9.59 Å². The lowest BCUT2D eigenvalue weighted by molar-refractivity contribution is -0.113. The number of nitrogens with zero attached hydrogens (tertiary/aromatic N) is 2. The average Bonchev–Trinajstić information content (AvgIpc) is 3.40. The van der Waals surface area contributed by atoms with Gasteiger partial charge in [0.25, 0.3) is 5.22 Å². The topological polar surface area (TPSA) is 104 Å². The summed E-state index contributed by atoms with van der Waals surface area (Å²) in [5, 5.41) is 11.1. The third-order valence-electron chi connectivity index (χ3n) is 5.04. The summed E-state index contributed by atoms with van der Waals surface area (Å²) in [6, 6.07) is 21.5. The molecule has 0 atom stereocenters. The number of nitrogens with one attached hydrogen (secondary N) is 1. The maximum Gasteiger partial charge on any atom is 0.277 e. The summed E-state index contributed by atoms with van der Waals surface area (Å²) in [4.78, 5) is 24.9. The lowest BCUT2D eigenvalue weighted by Gasteiger charge is -2.07. The Hall–Kier alpha value is -4.37. The van der Waals surface area contributed by atoms with Crippen LogP contribution in [0, 0.1) is 0 Å². The molecular weight excluding hydrogens is 478 g/mol. The van der Waals surface area contributed by atoms with Gasteiger partial charge in [0.2, 0.25) is 11.8 Å². The van der Waals surface area contributed by atoms with E-state index in [4.69, 9.17) is 13.9 Å². The number of allylic oxidation sites excluding steroid dienone is 1. The Morgan fingerprint density at radius 2 is 1.69 bits per heavy atom. The fraction of sp³-hybridized carbons (Fsp3) is 0.111. The maximum absolute atomic E-state index is 12.5. The van der Waals surface area contributed by atoms with Crippen molar-refractivity contribution in [3.05, 3.63) is 90.0 Å². The maximum atomic E-state index is 12.5. The number of aromatic nitrogens is 2. The first-order chi connectivity index (χ1) is 17.6. The number of hydrogen-bond donors (Lipinski definition) is 1. The molecule has 0 unspecified atom stereocenters. The number of carbonyl (C=O) groups excluding carboxylic acids is 2. The predicted molar refractivity (Wildman–Crippen MR) is 138 cm³/mol. The van der Waals surface area contributed by atoms with Crippen molar-refractivity contribution >= 4 is 35.2 Å². The molecule has 0 saturated carbocycles. The molecule has 4 aromatic rings. The van der Waals surface area contributed by atoms with Crippen molar-refractivity contribution in [1.29, 1.82) is 0 Å². The molecule has 0 bridgehead atoms. The molecule has 182 valence electrons. The Bertz CT molecular complexity index is 1370. The molecule has 8 nitrogen and oxygen atoms in total. The first-order valence-electron chi connectivity index (χ1n) is 10.9. The van der Waals surface area contributed by atoms with Crippen LogP contribution < -0.4 is 14.8 Å². The minimum atomic E-state index is -0.230. The third-order valence-corrected chi connectivity index (χ3v) is 5.86. The summed E-state index contributed by atoms with van der Waals surface area (Å²) >= 11 is 1.15. The van der Waals surface area contributed by atoms with Crippen LogP contribution in [0.15, 0.2) is 88.5 Å². The minimum Gasteiger partial charge on any atom is -0.493 e. The van der Waals surface area contributed by atoms with E-state index < -0.39 is 0 Å². The van der Waals surface area contributed by atoms with Crippen molar-refractivity contribution in [2.45, 2.75) is 5.22 Å². The molecule has 1 heterocycles. The van der Waals surface area contributed by atoms with E-state index in [1.54, 1.807) is 56.7 Å². The summed E-state index contributed by atoms with van der Waals surface area (Å²) in [5.41, 5.74) is 2.70. The number of anilines is 1. The van der Waals surface area contributed by atoms with Gasteiger partial charge in [0.15, 0.2) is 17.3 Å². The fourth-order valence-electron chi connectivity index (χ4n) is 3.23. The van der Waals surface area contributed by atoms with Crippen molar-refractivity contribution in [1.82, 2.24) is 10.2 Å². The zero-order chi connectivity index (χ0) is 25.3. The van der Waals surface area contributed by atoms with Crippen LogP contribution in [0.3, 0.4) is 0 Å². The standard InChI is InChI=1S/C27H23N3O5S/c1-33-23-15-9-18(16-24(23)34-2)8-14-22(31)19-10-12-21(13-11-19)28-25(32)17-36-27-30-29-26(35-27)20-6-4-3-5-7-20/h3-16H,17H2,1-2H3,(H,28,32)/b14-8+. The Morgan fingerprint density at radius 1 is 0.944 bits per heavy atom. The van der Waals surface area contributed by atoms with Crippen molar-refractivity contribution in [3.63, 3.8) is 0 Å². The van der Waals surface area contributed by atoms with Crippen LogP contribution in [0.4, 0.5) is 5.69 Å². The van der Waals surface area contributed by atoms with E-state index in [1.807, 2.05) is 36.4 Å². The first kappa shape index (κ1) is 24.7. The van der Waals surface area contributed by atoms with Crippen LogP contribution >= 0.6 is 11.8 Å². The highest BCUT2D eigenvalue weighted by Crippen LogP contribution is 2.28. The molecule has 1 N–H and O–H groups in total. The van der Waals surface area contributed by atoms with Crippen molar-refractivity contribution in [2.24, 2.45) is 0 Å². The van der Waals surface area contributed by atoms with Crippen LogP contribution in [-0.2, 0) is 4.79 Å². The van der Waals surface area contributed by atoms with Crippen molar-refractivity contribution in [3.8, 4) is 23.0 Å².